The minimum absolute atomic E-state index is 0.263. The van der Waals surface area contributed by atoms with Crippen molar-refractivity contribution in [1.29, 1.82) is 0 Å². The molecule has 1 spiro atoms. The number of nitrogens with zero attached hydrogens (tertiary/aromatic N) is 3. The van der Waals surface area contributed by atoms with Crippen LogP contribution in [0.3, 0.4) is 0 Å². The molecule has 0 bridgehead atoms. The molecule has 3 aliphatic heterocycles. The van der Waals surface area contributed by atoms with Crippen LogP contribution in [-0.4, -0.2) is 62.2 Å². The summed E-state index contributed by atoms with van der Waals surface area (Å²) >= 11 is 0. The van der Waals surface area contributed by atoms with Crippen LogP contribution in [0.4, 0.5) is 5.95 Å². The first-order chi connectivity index (χ1) is 12.3. The molecule has 3 aliphatic rings. The topological polar surface area (TPSA) is 56.7 Å². The zero-order valence-corrected chi connectivity index (χ0v) is 14.9. The van der Waals surface area contributed by atoms with Crippen molar-refractivity contribution in [3.05, 3.63) is 18.5 Å². The van der Waals surface area contributed by atoms with Crippen LogP contribution < -0.4 is 4.90 Å². The van der Waals surface area contributed by atoms with E-state index in [2.05, 4.69) is 14.9 Å². The van der Waals surface area contributed by atoms with Gasteiger partial charge in [-0.25, -0.2) is 9.97 Å². The molecule has 4 rings (SSSR count). The molecule has 0 amide bonds. The molecule has 0 aliphatic carbocycles. The highest BCUT2D eigenvalue weighted by atomic mass is 16.5. The van der Waals surface area contributed by atoms with E-state index in [9.17, 15) is 0 Å². The second kappa shape index (κ2) is 7.98. The number of hydrogen-bond acceptors (Lipinski definition) is 6. The summed E-state index contributed by atoms with van der Waals surface area (Å²) in [4.78, 5) is 11.0. The summed E-state index contributed by atoms with van der Waals surface area (Å²) in [6.07, 6.45) is 9.60. The molecule has 3 fully saturated rings. The number of ether oxygens (including phenoxy) is 3. The second-order valence-corrected chi connectivity index (χ2v) is 7.77. The highest BCUT2D eigenvalue weighted by Crippen LogP contribution is 2.42. The van der Waals surface area contributed by atoms with Gasteiger partial charge in [-0.05, 0) is 49.5 Å². The van der Waals surface area contributed by atoms with Crippen LogP contribution in [0.25, 0.3) is 0 Å². The Balaban J connectivity index is 1.20. The molecule has 0 N–H and O–H groups in total. The van der Waals surface area contributed by atoms with Crippen LogP contribution in [-0.2, 0) is 14.2 Å². The van der Waals surface area contributed by atoms with Gasteiger partial charge in [0.05, 0.1) is 19.3 Å². The third-order valence-electron chi connectivity index (χ3n) is 5.94. The monoisotopic (exact) mass is 347 g/mol. The molecule has 0 saturated carbocycles. The lowest BCUT2D eigenvalue weighted by atomic mass is 9.77. The predicted molar refractivity (Wildman–Crippen MR) is 94.6 cm³/mol. The van der Waals surface area contributed by atoms with E-state index >= 15 is 0 Å². The van der Waals surface area contributed by atoms with Gasteiger partial charge in [0, 0.05) is 45.3 Å². The average Bonchev–Trinajstić information content (AvgIpc) is 3.06. The lowest BCUT2D eigenvalue weighted by Crippen LogP contribution is -2.41. The van der Waals surface area contributed by atoms with Crippen molar-refractivity contribution in [3.8, 4) is 0 Å². The van der Waals surface area contributed by atoms with Crippen molar-refractivity contribution < 1.29 is 14.2 Å². The predicted octanol–water partition coefficient (Wildman–Crippen LogP) is 2.30. The van der Waals surface area contributed by atoms with E-state index in [1.165, 1.54) is 0 Å². The van der Waals surface area contributed by atoms with E-state index in [-0.39, 0.29) is 6.10 Å². The summed E-state index contributed by atoms with van der Waals surface area (Å²) in [5, 5.41) is 0. The van der Waals surface area contributed by atoms with Gasteiger partial charge in [-0.3, -0.25) is 0 Å². The molecular formula is C19H29N3O3. The summed E-state index contributed by atoms with van der Waals surface area (Å²) < 4.78 is 17.4. The minimum Gasteiger partial charge on any atom is -0.381 e. The van der Waals surface area contributed by atoms with Crippen LogP contribution in [0.1, 0.15) is 32.1 Å². The zero-order valence-electron chi connectivity index (χ0n) is 14.9. The molecule has 1 aromatic rings. The molecule has 1 atom stereocenters. The van der Waals surface area contributed by atoms with Crippen molar-refractivity contribution in [2.24, 2.45) is 11.3 Å². The van der Waals surface area contributed by atoms with E-state index < -0.39 is 0 Å². The Morgan fingerprint density at radius 2 is 1.88 bits per heavy atom. The van der Waals surface area contributed by atoms with Crippen molar-refractivity contribution in [2.75, 3.05) is 51.0 Å². The Hall–Kier alpha value is -1.24. The summed E-state index contributed by atoms with van der Waals surface area (Å²) in [6.45, 7) is 6.28. The molecule has 138 valence electrons. The molecule has 6 heteroatoms. The zero-order chi connectivity index (χ0) is 17.0. The Morgan fingerprint density at radius 1 is 1.12 bits per heavy atom. The summed E-state index contributed by atoms with van der Waals surface area (Å²) in [5.74, 6) is 1.52. The van der Waals surface area contributed by atoms with Gasteiger partial charge in [0.1, 0.15) is 0 Å². The van der Waals surface area contributed by atoms with E-state index in [1.54, 1.807) is 0 Å². The van der Waals surface area contributed by atoms with E-state index in [0.717, 1.165) is 84.2 Å². The van der Waals surface area contributed by atoms with Crippen LogP contribution in [0.2, 0.25) is 0 Å². The first kappa shape index (κ1) is 17.2. The Bertz CT molecular complexity index is 528. The van der Waals surface area contributed by atoms with Gasteiger partial charge in [0.2, 0.25) is 5.95 Å². The molecule has 4 heterocycles. The van der Waals surface area contributed by atoms with Gasteiger partial charge in [-0.2, -0.15) is 0 Å². The fraction of sp³-hybridized carbons (Fsp3) is 0.789. The first-order valence-electron chi connectivity index (χ1n) is 9.62. The summed E-state index contributed by atoms with van der Waals surface area (Å²) in [6, 6.07) is 1.87. The molecule has 0 radical (unpaired) electrons. The van der Waals surface area contributed by atoms with Crippen LogP contribution in [0.5, 0.6) is 0 Å². The molecule has 0 aromatic carbocycles. The highest BCUT2D eigenvalue weighted by molar-refractivity contribution is 5.29. The molecule has 1 aromatic heterocycles. The van der Waals surface area contributed by atoms with E-state index in [4.69, 9.17) is 14.2 Å². The van der Waals surface area contributed by atoms with Crippen LogP contribution in [0.15, 0.2) is 18.5 Å². The van der Waals surface area contributed by atoms with Gasteiger partial charge < -0.3 is 19.1 Å². The Labute approximate surface area is 149 Å². The number of rotatable bonds is 5. The number of anilines is 1. The fourth-order valence-corrected chi connectivity index (χ4v) is 4.27. The van der Waals surface area contributed by atoms with Crippen LogP contribution >= 0.6 is 0 Å². The minimum atomic E-state index is 0.263. The third-order valence-corrected chi connectivity index (χ3v) is 5.94. The first-order valence-corrected chi connectivity index (χ1v) is 9.62. The number of piperidine rings is 1. The van der Waals surface area contributed by atoms with Crippen LogP contribution in [0, 0.1) is 11.3 Å². The second-order valence-electron chi connectivity index (χ2n) is 7.77. The maximum absolute atomic E-state index is 6.08. The fourth-order valence-electron chi connectivity index (χ4n) is 4.27. The number of hydrogen-bond donors (Lipinski definition) is 0. The highest BCUT2D eigenvalue weighted by Gasteiger charge is 2.42. The normalized spacial score (nSPS) is 27.0. The van der Waals surface area contributed by atoms with E-state index in [1.807, 2.05) is 18.5 Å². The molecule has 25 heavy (non-hydrogen) atoms. The number of aromatic nitrogens is 2. The van der Waals surface area contributed by atoms with Gasteiger partial charge in [-0.15, -0.1) is 0 Å². The Morgan fingerprint density at radius 3 is 2.64 bits per heavy atom. The lowest BCUT2D eigenvalue weighted by molar-refractivity contribution is -0.0179. The third kappa shape index (κ3) is 4.30. The smallest absolute Gasteiger partial charge is 0.225 e. The maximum atomic E-state index is 6.08. The van der Waals surface area contributed by atoms with Crippen molar-refractivity contribution in [2.45, 2.75) is 38.2 Å². The molecule has 0 unspecified atom stereocenters. The standard InChI is InChI=1S/C19H29N3O3/c1-6-20-18(21-7-1)22-8-4-19(5-9-22)12-17(25-15-19)14-24-13-16-2-10-23-11-3-16/h1,6-7,16-17H,2-5,8-15H2/t17-/m1/s1. The molecule has 3 saturated heterocycles. The average molecular weight is 347 g/mol. The quantitative estimate of drug-likeness (QED) is 0.815. The van der Waals surface area contributed by atoms with E-state index in [0.29, 0.717) is 11.3 Å². The summed E-state index contributed by atoms with van der Waals surface area (Å²) in [7, 11) is 0. The van der Waals surface area contributed by atoms with Gasteiger partial charge in [-0.1, -0.05) is 0 Å². The van der Waals surface area contributed by atoms with Gasteiger partial charge >= 0.3 is 0 Å². The largest absolute Gasteiger partial charge is 0.381 e. The van der Waals surface area contributed by atoms with Crippen molar-refractivity contribution in [1.82, 2.24) is 9.97 Å². The van der Waals surface area contributed by atoms with Crippen molar-refractivity contribution in [3.63, 3.8) is 0 Å². The van der Waals surface area contributed by atoms with Crippen molar-refractivity contribution >= 4 is 5.95 Å². The lowest BCUT2D eigenvalue weighted by Gasteiger charge is -2.38. The summed E-state index contributed by atoms with van der Waals surface area (Å²) in [5.41, 5.74) is 0.331. The maximum Gasteiger partial charge on any atom is 0.225 e. The Kier molecular flexibility index (Phi) is 5.48. The van der Waals surface area contributed by atoms with Gasteiger partial charge in [0.25, 0.3) is 0 Å². The van der Waals surface area contributed by atoms with Gasteiger partial charge in [0.15, 0.2) is 0 Å². The molecule has 6 nitrogen and oxygen atoms in total. The molecular weight excluding hydrogens is 318 g/mol. The SMILES string of the molecule is c1cnc(N2CCC3(CC2)CO[C@@H](COCC2CCOCC2)C3)nc1.